The number of halogens is 1. The fourth-order valence-electron chi connectivity index (χ4n) is 2.87. The van der Waals surface area contributed by atoms with Gasteiger partial charge < -0.3 is 9.88 Å². The predicted octanol–water partition coefficient (Wildman–Crippen LogP) is 4.17. The van der Waals surface area contributed by atoms with Gasteiger partial charge in [0.25, 0.3) is 5.91 Å². The monoisotopic (exact) mass is 360 g/mol. The summed E-state index contributed by atoms with van der Waals surface area (Å²) >= 11 is 0. The lowest BCUT2D eigenvalue weighted by Gasteiger charge is -2.08. The molecule has 1 aromatic carbocycles. The van der Waals surface area contributed by atoms with E-state index in [0.717, 1.165) is 22.6 Å². The number of aryl methyl sites for hydroxylation is 1. The molecule has 2 aromatic heterocycles. The van der Waals surface area contributed by atoms with E-state index < -0.39 is 11.7 Å². The van der Waals surface area contributed by atoms with Gasteiger partial charge in [0.15, 0.2) is 0 Å². The van der Waals surface area contributed by atoms with E-state index in [1.807, 2.05) is 42.7 Å². The number of carbonyl (C=O) groups excluding carboxylic acids is 1. The number of nitrogens with zero attached hydrogens (tertiary/aromatic N) is 3. The largest absolute Gasteiger partial charge is 0.319 e. The lowest BCUT2D eigenvalue weighted by molar-refractivity contribution is -0.112. The molecule has 0 spiro atoms. The molecule has 0 atom stereocenters. The summed E-state index contributed by atoms with van der Waals surface area (Å²) in [6, 6.07) is 13.4. The molecule has 3 aromatic rings. The van der Waals surface area contributed by atoms with Gasteiger partial charge in [-0.05, 0) is 55.8 Å². The Hall–Kier alpha value is -3.72. The Morgan fingerprint density at radius 3 is 2.70 bits per heavy atom. The molecule has 0 aliphatic heterocycles. The summed E-state index contributed by atoms with van der Waals surface area (Å²) in [5.41, 5.74) is 3.36. The molecule has 0 fully saturated rings. The molecular formula is C21H17FN4O. The zero-order chi connectivity index (χ0) is 19.4. The van der Waals surface area contributed by atoms with Crippen molar-refractivity contribution in [3.63, 3.8) is 0 Å². The highest BCUT2D eigenvalue weighted by molar-refractivity contribution is 6.09. The third-order valence-corrected chi connectivity index (χ3v) is 4.16. The molecule has 27 heavy (non-hydrogen) atoms. The van der Waals surface area contributed by atoms with Crippen LogP contribution in [-0.2, 0) is 4.79 Å². The second-order valence-corrected chi connectivity index (χ2v) is 5.98. The van der Waals surface area contributed by atoms with Crippen LogP contribution in [0.25, 0.3) is 11.8 Å². The van der Waals surface area contributed by atoms with Crippen molar-refractivity contribution in [1.29, 1.82) is 5.26 Å². The number of aromatic nitrogens is 2. The van der Waals surface area contributed by atoms with Gasteiger partial charge in [0.05, 0.1) is 17.6 Å². The number of hydrogen-bond acceptors (Lipinski definition) is 3. The molecule has 0 saturated heterocycles. The highest BCUT2D eigenvalue weighted by Gasteiger charge is 2.15. The number of benzene rings is 1. The summed E-state index contributed by atoms with van der Waals surface area (Å²) in [5.74, 6) is -1.22. The highest BCUT2D eigenvalue weighted by atomic mass is 19.1. The molecule has 0 unspecified atom stereocenters. The van der Waals surface area contributed by atoms with Gasteiger partial charge in [-0.2, -0.15) is 5.26 Å². The average molecular weight is 360 g/mol. The Morgan fingerprint density at radius 2 is 2.04 bits per heavy atom. The summed E-state index contributed by atoms with van der Waals surface area (Å²) in [5, 5.41) is 11.8. The van der Waals surface area contributed by atoms with Crippen LogP contribution in [0.2, 0.25) is 0 Å². The van der Waals surface area contributed by atoms with Crippen LogP contribution < -0.4 is 5.32 Å². The molecule has 2 heterocycles. The molecule has 134 valence electrons. The maximum absolute atomic E-state index is 13.7. The van der Waals surface area contributed by atoms with Gasteiger partial charge in [-0.15, -0.1) is 0 Å². The van der Waals surface area contributed by atoms with Crippen molar-refractivity contribution in [2.24, 2.45) is 0 Å². The van der Waals surface area contributed by atoms with Crippen molar-refractivity contribution in [3.8, 4) is 11.8 Å². The zero-order valence-corrected chi connectivity index (χ0v) is 14.9. The molecule has 3 rings (SSSR count). The Kier molecular flexibility index (Phi) is 5.13. The number of para-hydroxylation sites is 1. The number of amides is 1. The fourth-order valence-corrected chi connectivity index (χ4v) is 2.87. The minimum atomic E-state index is -0.659. The van der Waals surface area contributed by atoms with Crippen molar-refractivity contribution in [2.75, 3.05) is 5.32 Å². The third kappa shape index (κ3) is 3.77. The Bertz CT molecular complexity index is 1060. The van der Waals surface area contributed by atoms with Gasteiger partial charge in [0.2, 0.25) is 0 Å². The Labute approximate surface area is 156 Å². The minimum Gasteiger partial charge on any atom is -0.319 e. The van der Waals surface area contributed by atoms with Crippen LogP contribution in [0, 0.1) is 31.0 Å². The maximum Gasteiger partial charge on any atom is 0.266 e. The van der Waals surface area contributed by atoms with E-state index in [9.17, 15) is 14.4 Å². The summed E-state index contributed by atoms with van der Waals surface area (Å²) in [6.07, 6.45) is 4.94. The van der Waals surface area contributed by atoms with E-state index in [2.05, 4.69) is 10.3 Å². The van der Waals surface area contributed by atoms with Crippen LogP contribution in [0.3, 0.4) is 0 Å². The number of carbonyl (C=O) groups is 1. The fraction of sp³-hybridized carbons (Fsp3) is 0.0952. The number of pyridine rings is 1. The normalized spacial score (nSPS) is 11.1. The lowest BCUT2D eigenvalue weighted by atomic mass is 10.1. The van der Waals surface area contributed by atoms with E-state index >= 15 is 0 Å². The van der Waals surface area contributed by atoms with Crippen molar-refractivity contribution in [3.05, 3.63) is 83.2 Å². The number of rotatable bonds is 4. The van der Waals surface area contributed by atoms with Crippen molar-refractivity contribution < 1.29 is 9.18 Å². The zero-order valence-electron chi connectivity index (χ0n) is 14.9. The van der Waals surface area contributed by atoms with Crippen molar-refractivity contribution in [2.45, 2.75) is 13.8 Å². The molecule has 5 nitrogen and oxygen atoms in total. The average Bonchev–Trinajstić information content (AvgIpc) is 2.95. The Morgan fingerprint density at radius 1 is 1.26 bits per heavy atom. The first-order valence-corrected chi connectivity index (χ1v) is 8.28. The molecule has 0 aliphatic carbocycles. The third-order valence-electron chi connectivity index (χ3n) is 4.16. The number of anilines is 1. The second-order valence-electron chi connectivity index (χ2n) is 5.98. The van der Waals surface area contributed by atoms with Crippen LogP contribution in [-0.4, -0.2) is 15.5 Å². The maximum atomic E-state index is 13.7. The number of nitrogens with one attached hydrogen (secondary N) is 1. The molecule has 1 N–H and O–H groups in total. The smallest absolute Gasteiger partial charge is 0.266 e. The molecule has 0 bridgehead atoms. The highest BCUT2D eigenvalue weighted by Crippen LogP contribution is 2.23. The van der Waals surface area contributed by atoms with Gasteiger partial charge in [-0.25, -0.2) is 4.39 Å². The lowest BCUT2D eigenvalue weighted by Crippen LogP contribution is -2.14. The van der Waals surface area contributed by atoms with Gasteiger partial charge in [-0.1, -0.05) is 12.1 Å². The first-order chi connectivity index (χ1) is 13.0. The van der Waals surface area contributed by atoms with Crippen LogP contribution in [0.15, 0.2) is 60.4 Å². The van der Waals surface area contributed by atoms with E-state index in [1.54, 1.807) is 18.5 Å². The number of hydrogen-bond donors (Lipinski definition) is 1. The van der Waals surface area contributed by atoms with Crippen molar-refractivity contribution in [1.82, 2.24) is 9.55 Å². The number of nitriles is 1. The molecule has 0 aliphatic rings. The molecule has 6 heteroatoms. The SMILES string of the molecule is Cc1cc(/C=C(\C#N)C(=O)Nc2ccccc2F)c(C)n1-c1cccnc1. The van der Waals surface area contributed by atoms with E-state index in [0.29, 0.717) is 0 Å². The summed E-state index contributed by atoms with van der Waals surface area (Å²) in [7, 11) is 0. The van der Waals surface area contributed by atoms with Gasteiger partial charge in [0.1, 0.15) is 17.5 Å². The Balaban J connectivity index is 1.94. The first-order valence-electron chi connectivity index (χ1n) is 8.28. The van der Waals surface area contributed by atoms with Gasteiger partial charge >= 0.3 is 0 Å². The molecular weight excluding hydrogens is 343 g/mol. The molecule has 0 saturated carbocycles. The van der Waals surface area contributed by atoms with E-state index in [4.69, 9.17) is 0 Å². The van der Waals surface area contributed by atoms with E-state index in [-0.39, 0.29) is 11.3 Å². The van der Waals surface area contributed by atoms with Gasteiger partial charge in [0, 0.05) is 17.6 Å². The van der Waals surface area contributed by atoms with Crippen LogP contribution in [0.4, 0.5) is 10.1 Å². The van der Waals surface area contributed by atoms with Gasteiger partial charge in [-0.3, -0.25) is 9.78 Å². The second kappa shape index (κ2) is 7.67. The quantitative estimate of drug-likeness (QED) is 0.561. The van der Waals surface area contributed by atoms with Crippen LogP contribution >= 0.6 is 0 Å². The van der Waals surface area contributed by atoms with Crippen LogP contribution in [0.1, 0.15) is 17.0 Å². The molecule has 0 radical (unpaired) electrons. The first kappa shape index (κ1) is 18.1. The summed E-state index contributed by atoms with van der Waals surface area (Å²) < 4.78 is 15.7. The molecule has 1 amide bonds. The summed E-state index contributed by atoms with van der Waals surface area (Å²) in [6.45, 7) is 3.83. The van der Waals surface area contributed by atoms with Crippen LogP contribution in [0.5, 0.6) is 0 Å². The van der Waals surface area contributed by atoms with E-state index in [1.165, 1.54) is 24.3 Å². The minimum absolute atomic E-state index is 0.0319. The predicted molar refractivity (Wildman–Crippen MR) is 102 cm³/mol. The summed E-state index contributed by atoms with van der Waals surface area (Å²) in [4.78, 5) is 16.5. The van der Waals surface area contributed by atoms with Crippen molar-refractivity contribution >= 4 is 17.7 Å². The topological polar surface area (TPSA) is 70.7 Å². The standard InChI is InChI=1S/C21H17FN4O/c1-14-10-16(15(2)26(14)18-6-5-9-24-13-18)11-17(12-23)21(27)25-20-8-4-3-7-19(20)22/h3-11,13H,1-2H3,(H,25,27)/b17-11+.